The van der Waals surface area contributed by atoms with Crippen molar-refractivity contribution in [2.45, 2.75) is 44.9 Å². The summed E-state index contributed by atoms with van der Waals surface area (Å²) in [7, 11) is 0. The molecule has 1 aliphatic carbocycles. The van der Waals surface area contributed by atoms with Crippen molar-refractivity contribution in [3.63, 3.8) is 0 Å². The highest BCUT2D eigenvalue weighted by Gasteiger charge is 2.22. The first-order chi connectivity index (χ1) is 15.5. The molecule has 2 aromatic carbocycles. The monoisotopic (exact) mass is 434 g/mol. The maximum Gasteiger partial charge on any atom is 0.306 e. The number of nitrogens with one attached hydrogen (secondary N) is 1. The first-order valence-corrected chi connectivity index (χ1v) is 11.0. The average molecular weight is 434 g/mol. The number of ketones is 1. The zero-order valence-corrected chi connectivity index (χ0v) is 17.9. The van der Waals surface area contributed by atoms with Crippen LogP contribution < -0.4 is 10.2 Å². The van der Waals surface area contributed by atoms with Crippen LogP contribution in [0.5, 0.6) is 0 Å². The molecule has 4 rings (SSSR count). The molecule has 1 aliphatic heterocycles. The van der Waals surface area contributed by atoms with Crippen LogP contribution in [0.15, 0.2) is 42.5 Å². The summed E-state index contributed by atoms with van der Waals surface area (Å²) in [4.78, 5) is 50.1. The first-order valence-electron chi connectivity index (χ1n) is 11.0. The zero-order chi connectivity index (χ0) is 22.5. The minimum Gasteiger partial charge on any atom is -0.456 e. The Labute approximate surface area is 186 Å². The number of rotatable bonds is 8. The summed E-state index contributed by atoms with van der Waals surface area (Å²) < 4.78 is 5.02. The molecule has 1 fully saturated rings. The molecule has 0 aromatic heterocycles. The van der Waals surface area contributed by atoms with E-state index in [9.17, 15) is 19.2 Å². The summed E-state index contributed by atoms with van der Waals surface area (Å²) in [6.45, 7) is 0.233. The van der Waals surface area contributed by atoms with E-state index >= 15 is 0 Å². The smallest absolute Gasteiger partial charge is 0.306 e. The van der Waals surface area contributed by atoms with Gasteiger partial charge in [-0.3, -0.25) is 19.2 Å². The molecule has 2 aliphatic rings. The van der Waals surface area contributed by atoms with Crippen molar-refractivity contribution in [3.05, 3.63) is 59.2 Å². The van der Waals surface area contributed by atoms with E-state index in [2.05, 4.69) is 5.32 Å². The van der Waals surface area contributed by atoms with Gasteiger partial charge >= 0.3 is 5.97 Å². The average Bonchev–Trinajstić information content (AvgIpc) is 3.44. The first kappa shape index (κ1) is 21.7. The molecule has 2 amide bonds. The van der Waals surface area contributed by atoms with Crippen LogP contribution >= 0.6 is 0 Å². The van der Waals surface area contributed by atoms with E-state index in [1.807, 2.05) is 24.3 Å². The third kappa shape index (κ3) is 5.22. The molecule has 7 heteroatoms. The molecule has 1 saturated heterocycles. The fraction of sp³-hybridized carbons (Fsp3) is 0.360. The highest BCUT2D eigenvalue weighted by molar-refractivity contribution is 5.99. The number of ether oxygens (including phenoxy) is 1. The number of fused-ring (bicyclic) bond motifs is 1. The molecule has 7 nitrogen and oxygen atoms in total. The SMILES string of the molecule is O=C(COC(=O)CCC(=O)c1ccc2c(c1)CCC2)Nc1cccc(N2CCCC2=O)c1. The van der Waals surface area contributed by atoms with Crippen molar-refractivity contribution in [1.29, 1.82) is 0 Å². The van der Waals surface area contributed by atoms with E-state index in [1.54, 1.807) is 23.1 Å². The van der Waals surface area contributed by atoms with Crippen molar-refractivity contribution in [1.82, 2.24) is 0 Å². The van der Waals surface area contributed by atoms with Gasteiger partial charge in [0.1, 0.15) is 0 Å². The molecule has 1 heterocycles. The van der Waals surface area contributed by atoms with Crippen LogP contribution in [0.1, 0.15) is 53.6 Å². The van der Waals surface area contributed by atoms with Gasteiger partial charge in [0.15, 0.2) is 12.4 Å². The Bertz CT molecular complexity index is 1060. The molecular weight excluding hydrogens is 408 g/mol. The molecule has 0 atom stereocenters. The predicted molar refractivity (Wildman–Crippen MR) is 120 cm³/mol. The molecule has 0 unspecified atom stereocenters. The van der Waals surface area contributed by atoms with Crippen LogP contribution in [0.4, 0.5) is 11.4 Å². The Hall–Kier alpha value is -3.48. The predicted octanol–water partition coefficient (Wildman–Crippen LogP) is 3.45. The maximum atomic E-state index is 12.4. The highest BCUT2D eigenvalue weighted by atomic mass is 16.5. The number of anilines is 2. The summed E-state index contributed by atoms with van der Waals surface area (Å²) >= 11 is 0. The van der Waals surface area contributed by atoms with Crippen molar-refractivity contribution in [3.8, 4) is 0 Å². The lowest BCUT2D eigenvalue weighted by molar-refractivity contribution is -0.147. The molecule has 0 spiro atoms. The van der Waals surface area contributed by atoms with Crippen molar-refractivity contribution in [2.24, 2.45) is 0 Å². The van der Waals surface area contributed by atoms with Crippen LogP contribution in [0.25, 0.3) is 0 Å². The second-order valence-electron chi connectivity index (χ2n) is 8.17. The van der Waals surface area contributed by atoms with Crippen molar-refractivity contribution in [2.75, 3.05) is 23.4 Å². The van der Waals surface area contributed by atoms with E-state index in [-0.39, 0.29) is 24.5 Å². The Morgan fingerprint density at radius 3 is 2.59 bits per heavy atom. The van der Waals surface area contributed by atoms with Crippen LogP contribution in [0.3, 0.4) is 0 Å². The van der Waals surface area contributed by atoms with Gasteiger partial charge in [-0.25, -0.2) is 0 Å². The van der Waals surface area contributed by atoms with Gasteiger partial charge < -0.3 is 15.0 Å². The number of Topliss-reactive ketones (excluding diaryl/α,β-unsaturated/α-hetero) is 1. The van der Waals surface area contributed by atoms with Gasteiger partial charge in [-0.05, 0) is 61.1 Å². The second-order valence-corrected chi connectivity index (χ2v) is 8.17. The van der Waals surface area contributed by atoms with E-state index in [1.165, 1.54) is 11.1 Å². The number of carbonyl (C=O) groups is 4. The Balaban J connectivity index is 1.21. The molecule has 2 aromatic rings. The molecule has 32 heavy (non-hydrogen) atoms. The molecule has 0 saturated carbocycles. The van der Waals surface area contributed by atoms with E-state index in [0.29, 0.717) is 24.2 Å². The number of esters is 1. The summed E-state index contributed by atoms with van der Waals surface area (Å²) in [6.07, 6.45) is 4.48. The number of carbonyl (C=O) groups excluding carboxylic acids is 4. The number of hydrogen-bond acceptors (Lipinski definition) is 5. The van der Waals surface area contributed by atoms with E-state index in [4.69, 9.17) is 4.74 Å². The van der Waals surface area contributed by atoms with Crippen LogP contribution in [-0.2, 0) is 32.0 Å². The van der Waals surface area contributed by atoms with Crippen molar-refractivity contribution < 1.29 is 23.9 Å². The largest absolute Gasteiger partial charge is 0.456 e. The molecule has 0 bridgehead atoms. The van der Waals surface area contributed by atoms with Gasteiger partial charge in [0, 0.05) is 36.3 Å². The summed E-state index contributed by atoms with van der Waals surface area (Å²) in [6, 6.07) is 12.7. The van der Waals surface area contributed by atoms with Crippen molar-refractivity contribution >= 4 is 34.9 Å². The third-order valence-corrected chi connectivity index (χ3v) is 5.86. The van der Waals surface area contributed by atoms with Gasteiger partial charge in [-0.1, -0.05) is 18.2 Å². The Morgan fingerprint density at radius 2 is 1.78 bits per heavy atom. The Morgan fingerprint density at radius 1 is 0.938 bits per heavy atom. The highest BCUT2D eigenvalue weighted by Crippen LogP contribution is 2.25. The van der Waals surface area contributed by atoms with Gasteiger partial charge in [0.2, 0.25) is 5.91 Å². The summed E-state index contributed by atoms with van der Waals surface area (Å²) in [5.74, 6) is -1.11. The topological polar surface area (TPSA) is 92.8 Å². The summed E-state index contributed by atoms with van der Waals surface area (Å²) in [5.41, 5.74) is 4.38. The third-order valence-electron chi connectivity index (χ3n) is 5.86. The fourth-order valence-corrected chi connectivity index (χ4v) is 4.19. The molecule has 1 N–H and O–H groups in total. The molecule has 0 radical (unpaired) electrons. The normalized spacial score (nSPS) is 14.9. The van der Waals surface area contributed by atoms with Crippen LogP contribution in [-0.4, -0.2) is 36.7 Å². The molecule has 166 valence electrons. The minimum atomic E-state index is -0.592. The maximum absolute atomic E-state index is 12.4. The zero-order valence-electron chi connectivity index (χ0n) is 17.9. The fourth-order valence-electron chi connectivity index (χ4n) is 4.19. The van der Waals surface area contributed by atoms with Gasteiger partial charge in [0.25, 0.3) is 5.91 Å². The lowest BCUT2D eigenvalue weighted by Gasteiger charge is -2.16. The van der Waals surface area contributed by atoms with Gasteiger partial charge in [-0.2, -0.15) is 0 Å². The van der Waals surface area contributed by atoms with Crippen LogP contribution in [0, 0.1) is 0 Å². The lowest BCUT2D eigenvalue weighted by atomic mass is 10.0. The minimum absolute atomic E-state index is 0.0468. The quantitative estimate of drug-likeness (QED) is 0.507. The number of benzene rings is 2. The van der Waals surface area contributed by atoms with E-state index in [0.717, 1.165) is 31.4 Å². The standard InChI is InChI=1S/C25H26N2O5/c28-22(19-10-9-17-4-1-5-18(17)14-19)11-12-25(31)32-16-23(29)26-20-6-2-7-21(15-20)27-13-3-8-24(27)30/h2,6-7,9-10,14-15H,1,3-5,8,11-13,16H2,(H,26,29). The Kier molecular flexibility index (Phi) is 6.63. The number of amides is 2. The molecular formula is C25H26N2O5. The van der Waals surface area contributed by atoms with E-state index < -0.39 is 18.5 Å². The van der Waals surface area contributed by atoms with Gasteiger partial charge in [0.05, 0.1) is 6.42 Å². The van der Waals surface area contributed by atoms with Crippen LogP contribution in [0.2, 0.25) is 0 Å². The number of nitrogens with zero attached hydrogens (tertiary/aromatic N) is 1. The lowest BCUT2D eigenvalue weighted by Crippen LogP contribution is -2.24. The second kappa shape index (κ2) is 9.77. The summed E-state index contributed by atoms with van der Waals surface area (Å²) in [5, 5.41) is 2.67. The number of aryl methyl sites for hydroxylation is 2. The van der Waals surface area contributed by atoms with Gasteiger partial charge in [-0.15, -0.1) is 0 Å². The number of hydrogen-bond donors (Lipinski definition) is 1.